The van der Waals surface area contributed by atoms with E-state index in [1.807, 2.05) is 11.3 Å². The lowest BCUT2D eigenvalue weighted by Crippen LogP contribution is -2.61. The summed E-state index contributed by atoms with van der Waals surface area (Å²) in [6.45, 7) is 5.46. The average molecular weight is 253 g/mol. The zero-order valence-corrected chi connectivity index (χ0v) is 11.8. The first kappa shape index (κ1) is 13.1. The number of thiophene rings is 1. The second-order valence-electron chi connectivity index (χ2n) is 5.13. The van der Waals surface area contributed by atoms with Crippen LogP contribution in [0.2, 0.25) is 0 Å². The molecule has 2 rings (SSSR count). The van der Waals surface area contributed by atoms with Crippen molar-refractivity contribution < 1.29 is 4.74 Å². The van der Waals surface area contributed by atoms with Gasteiger partial charge in [-0.1, -0.05) is 19.9 Å². The van der Waals surface area contributed by atoms with Crippen molar-refractivity contribution >= 4 is 11.3 Å². The molecule has 3 atom stereocenters. The molecule has 96 valence electrons. The van der Waals surface area contributed by atoms with E-state index in [2.05, 4.69) is 43.7 Å². The Bertz CT molecular complexity index is 338. The van der Waals surface area contributed by atoms with Crippen LogP contribution in [0.3, 0.4) is 0 Å². The van der Waals surface area contributed by atoms with Gasteiger partial charge in [0.15, 0.2) is 0 Å². The largest absolute Gasteiger partial charge is 0.377 e. The van der Waals surface area contributed by atoms with Crippen LogP contribution in [0.5, 0.6) is 0 Å². The highest BCUT2D eigenvalue weighted by Crippen LogP contribution is 2.45. The summed E-state index contributed by atoms with van der Waals surface area (Å²) in [7, 11) is 2.06. The average Bonchev–Trinajstić information content (AvgIpc) is 2.84. The van der Waals surface area contributed by atoms with Gasteiger partial charge in [0.2, 0.25) is 0 Å². The molecule has 1 heterocycles. The van der Waals surface area contributed by atoms with Crippen LogP contribution >= 0.6 is 11.3 Å². The second-order valence-corrected chi connectivity index (χ2v) is 6.16. The number of ether oxygens (including phenoxy) is 1. The monoisotopic (exact) mass is 253 g/mol. The van der Waals surface area contributed by atoms with Gasteiger partial charge < -0.3 is 10.1 Å². The summed E-state index contributed by atoms with van der Waals surface area (Å²) in [6.07, 6.45) is 3.83. The van der Waals surface area contributed by atoms with Crippen molar-refractivity contribution in [2.45, 2.75) is 45.3 Å². The van der Waals surface area contributed by atoms with Crippen LogP contribution in [0.15, 0.2) is 17.5 Å². The van der Waals surface area contributed by atoms with Gasteiger partial charge in [0.05, 0.1) is 12.7 Å². The van der Waals surface area contributed by atoms with Crippen LogP contribution in [0.4, 0.5) is 0 Å². The molecule has 0 amide bonds. The van der Waals surface area contributed by atoms with Gasteiger partial charge in [-0.25, -0.2) is 0 Å². The molecule has 1 aromatic heterocycles. The summed E-state index contributed by atoms with van der Waals surface area (Å²) >= 11 is 1.82. The Morgan fingerprint density at radius 3 is 3.00 bits per heavy atom. The molecule has 0 aromatic carbocycles. The van der Waals surface area contributed by atoms with Crippen molar-refractivity contribution in [2.24, 2.45) is 5.41 Å². The molecular formula is C14H23NOS. The minimum Gasteiger partial charge on any atom is -0.377 e. The highest BCUT2D eigenvalue weighted by molar-refractivity contribution is 7.09. The van der Waals surface area contributed by atoms with E-state index in [0.717, 1.165) is 19.4 Å². The van der Waals surface area contributed by atoms with Gasteiger partial charge in [-0.15, -0.1) is 11.3 Å². The number of rotatable bonds is 6. The molecule has 0 bridgehead atoms. The molecule has 1 aliphatic rings. The molecule has 1 fully saturated rings. The lowest BCUT2D eigenvalue weighted by molar-refractivity contribution is -0.126. The van der Waals surface area contributed by atoms with Gasteiger partial charge in [-0.2, -0.15) is 0 Å². The van der Waals surface area contributed by atoms with E-state index in [1.165, 1.54) is 11.3 Å². The van der Waals surface area contributed by atoms with Crippen molar-refractivity contribution in [2.75, 3.05) is 13.7 Å². The smallest absolute Gasteiger partial charge is 0.0658 e. The van der Waals surface area contributed by atoms with Crippen molar-refractivity contribution in [1.82, 2.24) is 5.32 Å². The second kappa shape index (κ2) is 5.51. The zero-order valence-electron chi connectivity index (χ0n) is 11.0. The van der Waals surface area contributed by atoms with Crippen LogP contribution < -0.4 is 5.32 Å². The topological polar surface area (TPSA) is 21.3 Å². The van der Waals surface area contributed by atoms with Gasteiger partial charge in [-0.05, 0) is 31.3 Å². The van der Waals surface area contributed by atoms with Gasteiger partial charge in [0.1, 0.15) is 0 Å². The summed E-state index contributed by atoms with van der Waals surface area (Å²) < 4.78 is 6.06. The molecule has 0 spiro atoms. The quantitative estimate of drug-likeness (QED) is 0.841. The molecular weight excluding hydrogens is 230 g/mol. The van der Waals surface area contributed by atoms with E-state index in [-0.39, 0.29) is 0 Å². The Hall–Kier alpha value is -0.380. The third-order valence-electron chi connectivity index (χ3n) is 4.34. The molecule has 1 aromatic rings. The lowest BCUT2D eigenvalue weighted by atomic mass is 9.61. The van der Waals surface area contributed by atoms with Crippen molar-refractivity contribution in [3.05, 3.63) is 22.4 Å². The highest BCUT2D eigenvalue weighted by atomic mass is 32.1. The minimum atomic E-state index is 0.324. The van der Waals surface area contributed by atoms with E-state index in [4.69, 9.17) is 4.74 Å². The third-order valence-corrected chi connectivity index (χ3v) is 5.28. The normalized spacial score (nSPS) is 32.4. The Morgan fingerprint density at radius 1 is 1.59 bits per heavy atom. The molecule has 2 nitrogen and oxygen atoms in total. The van der Waals surface area contributed by atoms with Crippen molar-refractivity contribution in [3.8, 4) is 0 Å². The fourth-order valence-corrected chi connectivity index (χ4v) is 3.44. The fraction of sp³-hybridized carbons (Fsp3) is 0.714. The van der Waals surface area contributed by atoms with Gasteiger partial charge in [0, 0.05) is 22.8 Å². The van der Waals surface area contributed by atoms with E-state index in [9.17, 15) is 0 Å². The summed E-state index contributed by atoms with van der Waals surface area (Å²) in [5, 5.41) is 5.53. The van der Waals surface area contributed by atoms with Crippen LogP contribution in [0.25, 0.3) is 0 Å². The van der Waals surface area contributed by atoms with E-state index in [1.54, 1.807) is 0 Å². The van der Waals surface area contributed by atoms with E-state index < -0.39 is 0 Å². The highest BCUT2D eigenvalue weighted by Gasteiger charge is 2.50. The first-order valence-corrected chi connectivity index (χ1v) is 7.40. The van der Waals surface area contributed by atoms with E-state index >= 15 is 0 Å². The van der Waals surface area contributed by atoms with Crippen molar-refractivity contribution in [1.29, 1.82) is 0 Å². The fourth-order valence-electron chi connectivity index (χ4n) is 2.75. The first-order valence-electron chi connectivity index (χ1n) is 6.52. The van der Waals surface area contributed by atoms with Gasteiger partial charge in [-0.3, -0.25) is 0 Å². The van der Waals surface area contributed by atoms with Crippen LogP contribution in [0.1, 0.15) is 31.6 Å². The Balaban J connectivity index is 1.77. The van der Waals surface area contributed by atoms with Crippen LogP contribution in [0, 0.1) is 5.41 Å². The molecule has 0 saturated heterocycles. The number of nitrogens with one attached hydrogen (secondary N) is 1. The van der Waals surface area contributed by atoms with Crippen LogP contribution in [-0.2, 0) is 11.2 Å². The summed E-state index contributed by atoms with van der Waals surface area (Å²) in [6, 6.07) is 4.92. The standard InChI is InChI=1S/C14H23NOS/c1-4-14(2)12(15-3)10-13(14)16-8-7-11-6-5-9-17-11/h5-6,9,12-13,15H,4,7-8,10H2,1-3H3. The predicted octanol–water partition coefficient (Wildman–Crippen LogP) is 3.08. The Labute approximate surface area is 108 Å². The maximum atomic E-state index is 6.06. The third kappa shape index (κ3) is 2.56. The summed E-state index contributed by atoms with van der Waals surface area (Å²) in [5.41, 5.74) is 0.324. The molecule has 0 aliphatic heterocycles. The molecule has 17 heavy (non-hydrogen) atoms. The Kier molecular flexibility index (Phi) is 4.23. The van der Waals surface area contributed by atoms with Crippen molar-refractivity contribution in [3.63, 3.8) is 0 Å². The van der Waals surface area contributed by atoms with E-state index in [0.29, 0.717) is 17.6 Å². The maximum Gasteiger partial charge on any atom is 0.0658 e. The molecule has 3 heteroatoms. The minimum absolute atomic E-state index is 0.324. The van der Waals surface area contributed by atoms with Gasteiger partial charge >= 0.3 is 0 Å². The van der Waals surface area contributed by atoms with Gasteiger partial charge in [0.25, 0.3) is 0 Å². The maximum absolute atomic E-state index is 6.06. The molecule has 1 N–H and O–H groups in total. The predicted molar refractivity (Wildman–Crippen MR) is 73.6 cm³/mol. The molecule has 1 aliphatic carbocycles. The lowest BCUT2D eigenvalue weighted by Gasteiger charge is -2.53. The Morgan fingerprint density at radius 2 is 2.41 bits per heavy atom. The number of hydrogen-bond acceptors (Lipinski definition) is 3. The summed E-state index contributed by atoms with van der Waals surface area (Å²) in [5.74, 6) is 0. The molecule has 1 saturated carbocycles. The first-order chi connectivity index (χ1) is 8.20. The molecule has 0 radical (unpaired) electrons. The van der Waals surface area contributed by atoms with Crippen LogP contribution in [-0.4, -0.2) is 25.8 Å². The molecule has 3 unspecified atom stereocenters. The SMILES string of the molecule is CCC1(C)C(NC)CC1OCCc1cccs1. The zero-order chi connectivity index (χ0) is 12.3. The summed E-state index contributed by atoms with van der Waals surface area (Å²) in [4.78, 5) is 1.42. The number of hydrogen-bond donors (Lipinski definition) is 1.